The minimum absolute atomic E-state index is 0.0785. The van der Waals surface area contributed by atoms with Gasteiger partial charge in [-0.2, -0.15) is 0 Å². The number of amides is 1. The summed E-state index contributed by atoms with van der Waals surface area (Å²) in [5, 5.41) is 5.78. The van der Waals surface area contributed by atoms with Crippen LogP contribution in [0, 0.1) is 0 Å². The molecule has 1 N–H and O–H groups in total. The zero-order valence-electron chi connectivity index (χ0n) is 20.3. The van der Waals surface area contributed by atoms with E-state index in [-0.39, 0.29) is 17.0 Å². The van der Waals surface area contributed by atoms with Gasteiger partial charge < -0.3 is 9.47 Å². The SMILES string of the molecule is COC(=O)C(=C(S)NC(=O)OCc1ccccc1)[P+](c1ccccc1)(c1ccccc1)c1ccccc1. The fraction of sp³-hybridized carbons (Fsp3) is 0.0667. The van der Waals surface area contributed by atoms with Gasteiger partial charge in [0.1, 0.15) is 27.5 Å². The van der Waals surface area contributed by atoms with Crippen molar-refractivity contribution in [1.29, 1.82) is 0 Å². The zero-order chi connectivity index (χ0) is 26.1. The lowest BCUT2D eigenvalue weighted by Gasteiger charge is -2.29. The highest BCUT2D eigenvalue weighted by atomic mass is 32.1. The first-order valence-corrected chi connectivity index (χ1v) is 13.9. The van der Waals surface area contributed by atoms with Crippen LogP contribution in [-0.2, 0) is 20.9 Å². The average molecular weight is 529 g/mol. The standard InChI is InChI=1S/C30H26NO4PS/c1-34-29(32)27(28(37)31-30(33)35-22-23-14-6-2-7-15-23)36(24-16-8-3-9-17-24,25-18-10-4-11-19-25)26-20-12-5-13-21-26/h2-21H,22H2,1H3,(H-,31,32,33,37)/p+1. The summed E-state index contributed by atoms with van der Waals surface area (Å²) in [5.41, 5.74) is 0.843. The first-order valence-electron chi connectivity index (χ1n) is 11.6. The average Bonchev–Trinajstić information content (AvgIpc) is 2.96. The van der Waals surface area contributed by atoms with Crippen molar-refractivity contribution in [3.8, 4) is 0 Å². The van der Waals surface area contributed by atoms with Crippen LogP contribution in [0.5, 0.6) is 0 Å². The van der Waals surface area contributed by atoms with E-state index in [1.54, 1.807) is 0 Å². The smallest absolute Gasteiger partial charge is 0.412 e. The summed E-state index contributed by atoms with van der Waals surface area (Å²) in [5.74, 6) is -0.585. The second kappa shape index (κ2) is 12.4. The van der Waals surface area contributed by atoms with E-state index >= 15 is 0 Å². The minimum Gasteiger partial charge on any atom is -0.463 e. The molecule has 0 spiro atoms. The Morgan fingerprint density at radius 2 is 1.11 bits per heavy atom. The van der Waals surface area contributed by atoms with Crippen LogP contribution in [0.4, 0.5) is 4.79 Å². The van der Waals surface area contributed by atoms with E-state index in [4.69, 9.17) is 9.47 Å². The molecule has 0 atom stereocenters. The maximum atomic E-state index is 13.6. The number of methoxy groups -OCH3 is 1. The van der Waals surface area contributed by atoms with Gasteiger partial charge in [0.25, 0.3) is 0 Å². The largest absolute Gasteiger partial charge is 0.463 e. The highest BCUT2D eigenvalue weighted by Gasteiger charge is 2.54. The molecule has 0 aliphatic rings. The van der Waals surface area contributed by atoms with E-state index < -0.39 is 19.3 Å². The lowest BCUT2D eigenvalue weighted by Crippen LogP contribution is -2.37. The summed E-state index contributed by atoms with van der Waals surface area (Å²) >= 11 is 4.68. The van der Waals surface area contributed by atoms with Gasteiger partial charge >= 0.3 is 12.1 Å². The van der Waals surface area contributed by atoms with Crippen LogP contribution in [-0.4, -0.2) is 19.2 Å². The summed E-state index contributed by atoms with van der Waals surface area (Å²) in [6.07, 6.45) is -0.720. The molecule has 4 aromatic carbocycles. The number of carbonyl (C=O) groups excluding carboxylic acids is 2. The number of nitrogens with one attached hydrogen (secondary N) is 1. The molecular formula is C30H27NO4PS+. The number of benzene rings is 4. The summed E-state index contributed by atoms with van der Waals surface area (Å²) in [4.78, 5) is 26.4. The van der Waals surface area contributed by atoms with E-state index in [1.165, 1.54) is 7.11 Å². The molecule has 0 fully saturated rings. The minimum atomic E-state index is -2.87. The van der Waals surface area contributed by atoms with Crippen LogP contribution >= 0.6 is 19.9 Å². The summed E-state index contributed by atoms with van der Waals surface area (Å²) in [6.45, 7) is 0.0810. The van der Waals surface area contributed by atoms with Crippen molar-refractivity contribution in [2.24, 2.45) is 0 Å². The second-order valence-corrected chi connectivity index (χ2v) is 11.8. The van der Waals surface area contributed by atoms with Crippen LogP contribution in [0.2, 0.25) is 0 Å². The van der Waals surface area contributed by atoms with Crippen molar-refractivity contribution in [1.82, 2.24) is 5.32 Å². The van der Waals surface area contributed by atoms with Gasteiger partial charge in [-0.1, -0.05) is 84.9 Å². The first kappa shape index (κ1) is 26.2. The second-order valence-electron chi connectivity index (χ2n) is 8.05. The van der Waals surface area contributed by atoms with Gasteiger partial charge in [0.15, 0.2) is 7.26 Å². The molecule has 0 aliphatic heterocycles. The molecule has 4 aromatic rings. The van der Waals surface area contributed by atoms with Gasteiger partial charge in [0.2, 0.25) is 5.31 Å². The lowest BCUT2D eigenvalue weighted by molar-refractivity contribution is -0.135. The molecule has 0 saturated carbocycles. The number of alkyl carbamates (subject to hydrolysis) is 1. The molecule has 0 aromatic heterocycles. The molecular weight excluding hydrogens is 501 g/mol. The first-order chi connectivity index (χ1) is 18.1. The Kier molecular flexibility index (Phi) is 8.78. The number of hydrogen-bond donors (Lipinski definition) is 2. The maximum Gasteiger partial charge on any atom is 0.412 e. The molecule has 4 rings (SSSR count). The fourth-order valence-electron chi connectivity index (χ4n) is 4.19. The molecule has 0 heterocycles. The molecule has 7 heteroatoms. The summed E-state index contributed by atoms with van der Waals surface area (Å²) < 4.78 is 10.7. The Balaban J connectivity index is 1.90. The summed E-state index contributed by atoms with van der Waals surface area (Å²) in [7, 11) is -1.54. The number of hydrogen-bond acceptors (Lipinski definition) is 5. The Morgan fingerprint density at radius 1 is 0.703 bits per heavy atom. The highest BCUT2D eigenvalue weighted by Crippen LogP contribution is 2.63. The van der Waals surface area contributed by atoms with E-state index in [9.17, 15) is 9.59 Å². The lowest BCUT2D eigenvalue weighted by atomic mass is 10.2. The Bertz CT molecular complexity index is 1270. The molecule has 0 aliphatic carbocycles. The van der Waals surface area contributed by atoms with Crippen LogP contribution < -0.4 is 21.2 Å². The van der Waals surface area contributed by atoms with Crippen molar-refractivity contribution in [3.63, 3.8) is 0 Å². The maximum absolute atomic E-state index is 13.6. The van der Waals surface area contributed by atoms with E-state index in [0.717, 1.165) is 21.5 Å². The molecule has 186 valence electrons. The van der Waals surface area contributed by atoms with Gasteiger partial charge in [-0.3, -0.25) is 5.32 Å². The molecule has 1 amide bonds. The van der Waals surface area contributed by atoms with Gasteiger partial charge in [-0.05, 0) is 42.0 Å². The molecule has 0 saturated heterocycles. The van der Waals surface area contributed by atoms with Crippen molar-refractivity contribution < 1.29 is 19.1 Å². The predicted octanol–water partition coefficient (Wildman–Crippen LogP) is 5.18. The fourth-order valence-corrected chi connectivity index (χ4v) is 9.09. The highest BCUT2D eigenvalue weighted by molar-refractivity contribution is 8.00. The van der Waals surface area contributed by atoms with Crippen LogP contribution in [0.3, 0.4) is 0 Å². The van der Waals surface area contributed by atoms with Crippen LogP contribution in [0.15, 0.2) is 132 Å². The number of carbonyl (C=O) groups is 2. The Morgan fingerprint density at radius 3 is 1.51 bits per heavy atom. The number of ether oxygens (including phenoxy) is 2. The van der Waals surface area contributed by atoms with Crippen molar-refractivity contribution in [2.45, 2.75) is 6.61 Å². The third-order valence-corrected chi connectivity index (χ3v) is 10.6. The van der Waals surface area contributed by atoms with E-state index in [0.29, 0.717) is 0 Å². The van der Waals surface area contributed by atoms with Crippen molar-refractivity contribution in [3.05, 3.63) is 137 Å². The van der Waals surface area contributed by atoms with E-state index in [2.05, 4.69) is 17.9 Å². The van der Waals surface area contributed by atoms with Crippen molar-refractivity contribution in [2.75, 3.05) is 7.11 Å². The van der Waals surface area contributed by atoms with Crippen molar-refractivity contribution >= 4 is 47.9 Å². The van der Waals surface area contributed by atoms with Crippen LogP contribution in [0.25, 0.3) is 0 Å². The van der Waals surface area contributed by atoms with Gasteiger partial charge in [-0.15, -0.1) is 12.6 Å². The Labute approximate surface area is 222 Å². The molecule has 0 bridgehead atoms. The number of esters is 1. The van der Waals surface area contributed by atoms with Gasteiger partial charge in [0.05, 0.1) is 7.11 Å². The quantitative estimate of drug-likeness (QED) is 0.143. The topological polar surface area (TPSA) is 64.6 Å². The Hall–Kier alpha value is -3.86. The molecule has 0 radical (unpaired) electrons. The molecule has 37 heavy (non-hydrogen) atoms. The monoisotopic (exact) mass is 528 g/mol. The number of thiol groups is 1. The molecule has 0 unspecified atom stereocenters. The van der Waals surface area contributed by atoms with E-state index in [1.807, 2.05) is 121 Å². The van der Waals surface area contributed by atoms with Gasteiger partial charge in [-0.25, -0.2) is 9.59 Å². The third kappa shape index (κ3) is 5.77. The van der Waals surface area contributed by atoms with Crippen LogP contribution in [0.1, 0.15) is 5.56 Å². The molecule has 5 nitrogen and oxygen atoms in total. The predicted molar refractivity (Wildman–Crippen MR) is 153 cm³/mol. The third-order valence-electron chi connectivity index (χ3n) is 5.80. The zero-order valence-corrected chi connectivity index (χ0v) is 22.1. The summed E-state index contributed by atoms with van der Waals surface area (Å²) in [6, 6.07) is 38.7. The number of rotatable bonds is 8. The van der Waals surface area contributed by atoms with Gasteiger partial charge in [0, 0.05) is 0 Å². The normalized spacial score (nSPS) is 11.7.